The van der Waals surface area contributed by atoms with Crippen molar-refractivity contribution in [3.8, 4) is 16.9 Å². The van der Waals surface area contributed by atoms with Crippen LogP contribution in [0.3, 0.4) is 0 Å². The Morgan fingerprint density at radius 1 is 0.853 bits per heavy atom. The van der Waals surface area contributed by atoms with Crippen LogP contribution >= 0.6 is 11.3 Å². The molecule has 0 bridgehead atoms. The average Bonchev–Trinajstić information content (AvgIpc) is 3.52. The van der Waals surface area contributed by atoms with Crippen molar-refractivity contribution in [2.45, 2.75) is 12.8 Å². The quantitative estimate of drug-likeness (QED) is 0.359. The first-order valence-electron chi connectivity index (χ1n) is 10.8. The predicted octanol–water partition coefficient (Wildman–Crippen LogP) is 4.54. The SMILES string of the molecule is O=C(CCc1nc2ccccc2s1)NNC(=O)c1cn(-c2ccccc2)nc1-c1ccccc1. The van der Waals surface area contributed by atoms with Crippen LogP contribution < -0.4 is 10.9 Å². The summed E-state index contributed by atoms with van der Waals surface area (Å²) in [7, 11) is 0. The Labute approximate surface area is 200 Å². The lowest BCUT2D eigenvalue weighted by atomic mass is 10.1. The summed E-state index contributed by atoms with van der Waals surface area (Å²) in [5.41, 5.74) is 8.51. The number of rotatable bonds is 6. The van der Waals surface area contributed by atoms with Gasteiger partial charge in [0.25, 0.3) is 5.91 Å². The Morgan fingerprint density at radius 3 is 2.32 bits per heavy atom. The summed E-state index contributed by atoms with van der Waals surface area (Å²) in [5, 5.41) is 5.52. The van der Waals surface area contributed by atoms with Crippen molar-refractivity contribution in [1.29, 1.82) is 0 Å². The van der Waals surface area contributed by atoms with Crippen LogP contribution in [-0.4, -0.2) is 26.6 Å². The van der Waals surface area contributed by atoms with Crippen LogP contribution in [0.25, 0.3) is 27.2 Å². The highest BCUT2D eigenvalue weighted by atomic mass is 32.1. The fourth-order valence-electron chi connectivity index (χ4n) is 3.57. The van der Waals surface area contributed by atoms with Crippen molar-refractivity contribution in [3.63, 3.8) is 0 Å². The van der Waals surface area contributed by atoms with Crippen LogP contribution in [-0.2, 0) is 11.2 Å². The van der Waals surface area contributed by atoms with Gasteiger partial charge in [0.2, 0.25) is 5.91 Å². The summed E-state index contributed by atoms with van der Waals surface area (Å²) in [6.45, 7) is 0. The number of aromatic nitrogens is 3. The Balaban J connectivity index is 1.28. The fourth-order valence-corrected chi connectivity index (χ4v) is 4.53. The van der Waals surface area contributed by atoms with Crippen molar-refractivity contribution in [2.24, 2.45) is 0 Å². The van der Waals surface area contributed by atoms with Gasteiger partial charge in [-0.3, -0.25) is 20.4 Å². The van der Waals surface area contributed by atoms with Crippen molar-refractivity contribution in [2.75, 3.05) is 0 Å². The molecule has 0 radical (unpaired) electrons. The topological polar surface area (TPSA) is 88.9 Å². The lowest BCUT2D eigenvalue weighted by Gasteiger charge is -2.07. The molecule has 3 aromatic carbocycles. The second kappa shape index (κ2) is 9.68. The van der Waals surface area contributed by atoms with Gasteiger partial charge < -0.3 is 0 Å². The molecular weight excluding hydrogens is 446 g/mol. The molecular formula is C26H21N5O2S. The lowest BCUT2D eigenvalue weighted by molar-refractivity contribution is -0.121. The van der Waals surface area contributed by atoms with Crippen LogP contribution in [0.15, 0.2) is 91.1 Å². The summed E-state index contributed by atoms with van der Waals surface area (Å²) in [6, 6.07) is 26.9. The van der Waals surface area contributed by atoms with Gasteiger partial charge in [-0.1, -0.05) is 60.7 Å². The van der Waals surface area contributed by atoms with Crippen molar-refractivity contribution < 1.29 is 9.59 Å². The molecule has 5 aromatic rings. The number of carbonyl (C=O) groups excluding carboxylic acids is 2. The maximum atomic E-state index is 13.0. The van der Waals surface area contributed by atoms with E-state index in [4.69, 9.17) is 0 Å². The van der Waals surface area contributed by atoms with Crippen molar-refractivity contribution >= 4 is 33.4 Å². The fraction of sp³-hybridized carbons (Fsp3) is 0.0769. The number of thiazole rings is 1. The Kier molecular flexibility index (Phi) is 6.13. The number of hydrogen-bond acceptors (Lipinski definition) is 5. The van der Waals surface area contributed by atoms with Crippen LogP contribution in [0.2, 0.25) is 0 Å². The molecule has 0 aliphatic carbocycles. The Morgan fingerprint density at radius 2 is 1.56 bits per heavy atom. The van der Waals surface area contributed by atoms with E-state index in [-0.39, 0.29) is 12.3 Å². The van der Waals surface area contributed by atoms with Crippen LogP contribution in [0, 0.1) is 0 Å². The summed E-state index contributed by atoms with van der Waals surface area (Å²) < 4.78 is 2.75. The molecule has 5 rings (SSSR count). The smallest absolute Gasteiger partial charge is 0.273 e. The van der Waals surface area contributed by atoms with E-state index in [2.05, 4.69) is 20.9 Å². The summed E-state index contributed by atoms with van der Waals surface area (Å²) >= 11 is 1.57. The molecule has 168 valence electrons. The minimum absolute atomic E-state index is 0.217. The standard InChI is InChI=1S/C26H21N5O2S/c32-23(15-16-24-27-21-13-7-8-14-22(21)34-24)28-29-26(33)20-17-31(19-11-5-2-6-12-19)30-25(20)18-9-3-1-4-10-18/h1-14,17H,15-16H2,(H,28,32)(H,29,33). The third-order valence-electron chi connectivity index (χ3n) is 5.25. The number of nitrogens with one attached hydrogen (secondary N) is 2. The highest BCUT2D eigenvalue weighted by Gasteiger charge is 2.19. The number of amides is 2. The lowest BCUT2D eigenvalue weighted by Crippen LogP contribution is -2.41. The molecule has 0 fully saturated rings. The number of aryl methyl sites for hydroxylation is 1. The zero-order valence-electron chi connectivity index (χ0n) is 18.1. The van der Waals surface area contributed by atoms with Gasteiger partial charge in [0.05, 0.1) is 26.5 Å². The van der Waals surface area contributed by atoms with E-state index < -0.39 is 5.91 Å². The first-order valence-corrected chi connectivity index (χ1v) is 11.6. The van der Waals surface area contributed by atoms with Gasteiger partial charge in [0, 0.05) is 24.6 Å². The number of nitrogens with zero attached hydrogens (tertiary/aromatic N) is 3. The summed E-state index contributed by atoms with van der Waals surface area (Å²) in [4.78, 5) is 29.9. The molecule has 2 heterocycles. The van der Waals surface area contributed by atoms with Crippen LogP contribution in [0.1, 0.15) is 21.8 Å². The van der Waals surface area contributed by atoms with E-state index >= 15 is 0 Å². The molecule has 8 heteroatoms. The van der Waals surface area contributed by atoms with Gasteiger partial charge in [-0.25, -0.2) is 9.67 Å². The highest BCUT2D eigenvalue weighted by molar-refractivity contribution is 7.18. The molecule has 0 aliphatic heterocycles. The van der Waals surface area contributed by atoms with Crippen molar-refractivity contribution in [3.05, 3.63) is 102 Å². The van der Waals surface area contributed by atoms with Crippen molar-refractivity contribution in [1.82, 2.24) is 25.6 Å². The minimum atomic E-state index is -0.436. The number of benzene rings is 3. The molecule has 0 saturated heterocycles. The summed E-state index contributed by atoms with van der Waals surface area (Å²) in [6.07, 6.45) is 2.39. The molecule has 34 heavy (non-hydrogen) atoms. The zero-order valence-corrected chi connectivity index (χ0v) is 19.0. The molecule has 2 aromatic heterocycles. The largest absolute Gasteiger partial charge is 0.273 e. The maximum Gasteiger partial charge on any atom is 0.273 e. The molecule has 0 spiro atoms. The third kappa shape index (κ3) is 4.72. The minimum Gasteiger partial charge on any atom is -0.273 e. The molecule has 2 amide bonds. The van der Waals surface area contributed by atoms with E-state index in [1.54, 1.807) is 22.2 Å². The van der Waals surface area contributed by atoms with Gasteiger partial charge in [0.15, 0.2) is 0 Å². The molecule has 7 nitrogen and oxygen atoms in total. The second-order valence-electron chi connectivity index (χ2n) is 7.62. The first-order chi connectivity index (χ1) is 16.7. The number of para-hydroxylation sites is 2. The average molecular weight is 468 g/mol. The van der Waals surface area contributed by atoms with E-state index in [1.165, 1.54) is 0 Å². The monoisotopic (exact) mass is 467 g/mol. The van der Waals surface area contributed by atoms with E-state index in [1.807, 2.05) is 84.9 Å². The number of fused-ring (bicyclic) bond motifs is 1. The van der Waals surface area contributed by atoms with Crippen LogP contribution in [0.4, 0.5) is 0 Å². The molecule has 0 atom stereocenters. The van der Waals surface area contributed by atoms with Crippen LogP contribution in [0.5, 0.6) is 0 Å². The normalized spacial score (nSPS) is 10.8. The third-order valence-corrected chi connectivity index (χ3v) is 6.34. The van der Waals surface area contributed by atoms with Gasteiger partial charge in [-0.2, -0.15) is 5.10 Å². The molecule has 0 saturated carbocycles. The molecule has 0 aliphatic rings. The number of carbonyl (C=O) groups is 2. The van der Waals surface area contributed by atoms with E-state index in [0.29, 0.717) is 17.7 Å². The van der Waals surface area contributed by atoms with Gasteiger partial charge in [-0.05, 0) is 24.3 Å². The van der Waals surface area contributed by atoms with E-state index in [9.17, 15) is 9.59 Å². The number of hydrogen-bond donors (Lipinski definition) is 2. The number of hydrazine groups is 1. The zero-order chi connectivity index (χ0) is 23.3. The Bertz CT molecular complexity index is 1410. The van der Waals surface area contributed by atoms with Gasteiger partial charge >= 0.3 is 0 Å². The molecule has 0 unspecified atom stereocenters. The van der Waals surface area contributed by atoms with E-state index in [0.717, 1.165) is 26.5 Å². The second-order valence-corrected chi connectivity index (χ2v) is 8.73. The molecule has 2 N–H and O–H groups in total. The maximum absolute atomic E-state index is 13.0. The predicted molar refractivity (Wildman–Crippen MR) is 133 cm³/mol. The van der Waals surface area contributed by atoms with Gasteiger partial charge in [-0.15, -0.1) is 11.3 Å². The summed E-state index contributed by atoms with van der Waals surface area (Å²) in [5.74, 6) is -0.723. The first kappa shape index (κ1) is 21.5. The van der Waals surface area contributed by atoms with Gasteiger partial charge in [0.1, 0.15) is 5.69 Å². The highest BCUT2D eigenvalue weighted by Crippen LogP contribution is 2.24. The Hall–Kier alpha value is -4.30.